The minimum absolute atomic E-state index is 0.558. The Balaban J connectivity index is 2.26. The molecule has 0 N–H and O–H groups in total. The molecular weight excluding hydrogens is 234 g/mol. The van der Waals surface area contributed by atoms with Crippen molar-refractivity contribution in [2.75, 3.05) is 18.0 Å². The predicted octanol–water partition coefficient (Wildman–Crippen LogP) is 3.09. The van der Waals surface area contributed by atoms with Crippen molar-refractivity contribution in [1.29, 1.82) is 0 Å². The summed E-state index contributed by atoms with van der Waals surface area (Å²) in [4.78, 5) is 2.47. The van der Waals surface area contributed by atoms with Crippen LogP contribution in [0.3, 0.4) is 0 Å². The molecule has 0 aromatic carbocycles. The summed E-state index contributed by atoms with van der Waals surface area (Å²) >= 11 is 6.06. The molecule has 1 aliphatic heterocycles. The number of alkyl halides is 1. The lowest BCUT2D eigenvalue weighted by Crippen LogP contribution is -2.36. The van der Waals surface area contributed by atoms with Gasteiger partial charge in [0.05, 0.1) is 11.6 Å². The van der Waals surface area contributed by atoms with Crippen molar-refractivity contribution in [2.24, 2.45) is 13.0 Å². The van der Waals surface area contributed by atoms with Gasteiger partial charge in [-0.2, -0.15) is 5.10 Å². The van der Waals surface area contributed by atoms with Gasteiger partial charge in [-0.05, 0) is 25.7 Å². The molecular formula is C13H22ClN3. The number of hydrogen-bond donors (Lipinski definition) is 0. The van der Waals surface area contributed by atoms with Gasteiger partial charge in [-0.3, -0.25) is 4.68 Å². The molecule has 0 amide bonds. The first kappa shape index (κ1) is 12.7. The largest absolute Gasteiger partial charge is 0.356 e. The van der Waals surface area contributed by atoms with Crippen LogP contribution in [-0.4, -0.2) is 22.9 Å². The van der Waals surface area contributed by atoms with E-state index in [9.17, 15) is 0 Å². The van der Waals surface area contributed by atoms with E-state index in [2.05, 4.69) is 16.9 Å². The molecule has 1 aliphatic rings. The second kappa shape index (κ2) is 5.30. The monoisotopic (exact) mass is 255 g/mol. The van der Waals surface area contributed by atoms with Crippen molar-refractivity contribution in [3.8, 4) is 0 Å². The van der Waals surface area contributed by atoms with E-state index in [1.165, 1.54) is 30.6 Å². The van der Waals surface area contributed by atoms with Crippen LogP contribution in [0.15, 0.2) is 0 Å². The molecule has 1 atom stereocenters. The van der Waals surface area contributed by atoms with Crippen molar-refractivity contribution in [2.45, 2.75) is 39.0 Å². The Morgan fingerprint density at radius 1 is 1.47 bits per heavy atom. The maximum Gasteiger partial charge on any atom is 0.131 e. The summed E-state index contributed by atoms with van der Waals surface area (Å²) in [6.07, 6.45) is 3.91. The first-order valence-corrected chi connectivity index (χ1v) is 7.04. The normalized spacial score (nSPS) is 20.9. The van der Waals surface area contributed by atoms with Gasteiger partial charge >= 0.3 is 0 Å². The molecule has 17 heavy (non-hydrogen) atoms. The Morgan fingerprint density at radius 3 is 2.88 bits per heavy atom. The highest BCUT2D eigenvalue weighted by Crippen LogP contribution is 2.29. The molecule has 2 heterocycles. The summed E-state index contributed by atoms with van der Waals surface area (Å²) in [7, 11) is 2.02. The van der Waals surface area contributed by atoms with Crippen LogP contribution >= 0.6 is 11.6 Å². The van der Waals surface area contributed by atoms with E-state index in [1.54, 1.807) is 0 Å². The standard InChI is InChI=1S/C13H22ClN3/c1-4-11-6-5-7-17(9-11)13-12(8-14)10(2)15-16(13)3/h11H,4-9H2,1-3H3. The third-order valence-electron chi connectivity index (χ3n) is 3.84. The van der Waals surface area contributed by atoms with Crippen LogP contribution in [0.2, 0.25) is 0 Å². The maximum absolute atomic E-state index is 6.06. The van der Waals surface area contributed by atoms with Gasteiger partial charge in [0.1, 0.15) is 5.82 Å². The average Bonchev–Trinajstić information content (AvgIpc) is 2.63. The fourth-order valence-corrected chi connectivity index (χ4v) is 3.15. The first-order valence-electron chi connectivity index (χ1n) is 6.50. The summed E-state index contributed by atoms with van der Waals surface area (Å²) in [5.41, 5.74) is 2.27. The van der Waals surface area contributed by atoms with Crippen LogP contribution in [-0.2, 0) is 12.9 Å². The quantitative estimate of drug-likeness (QED) is 0.774. The predicted molar refractivity (Wildman–Crippen MR) is 72.7 cm³/mol. The summed E-state index contributed by atoms with van der Waals surface area (Å²) in [6, 6.07) is 0. The number of rotatable bonds is 3. The van der Waals surface area contributed by atoms with E-state index in [-0.39, 0.29) is 0 Å². The summed E-state index contributed by atoms with van der Waals surface area (Å²) in [5, 5.41) is 4.50. The highest BCUT2D eigenvalue weighted by atomic mass is 35.5. The Labute approximate surface area is 109 Å². The molecule has 0 spiro atoms. The molecule has 0 aliphatic carbocycles. The summed E-state index contributed by atoms with van der Waals surface area (Å²) < 4.78 is 1.99. The SMILES string of the molecule is CCC1CCCN(c2c(CCl)c(C)nn2C)C1. The molecule has 1 saturated heterocycles. The number of piperidine rings is 1. The van der Waals surface area contributed by atoms with E-state index in [0.29, 0.717) is 5.88 Å². The minimum atomic E-state index is 0.558. The Hall–Kier alpha value is -0.700. The van der Waals surface area contributed by atoms with Gasteiger partial charge in [0, 0.05) is 25.7 Å². The molecule has 1 unspecified atom stereocenters. The molecule has 2 rings (SSSR count). The van der Waals surface area contributed by atoms with E-state index in [4.69, 9.17) is 11.6 Å². The van der Waals surface area contributed by atoms with Crippen molar-refractivity contribution < 1.29 is 0 Å². The zero-order valence-electron chi connectivity index (χ0n) is 11.0. The fourth-order valence-electron chi connectivity index (χ4n) is 2.83. The molecule has 96 valence electrons. The van der Waals surface area contributed by atoms with Crippen molar-refractivity contribution in [3.63, 3.8) is 0 Å². The zero-order chi connectivity index (χ0) is 12.4. The Bertz CT molecular complexity index is 386. The van der Waals surface area contributed by atoms with Gasteiger partial charge in [-0.15, -0.1) is 11.6 Å². The van der Waals surface area contributed by atoms with Crippen LogP contribution in [0, 0.1) is 12.8 Å². The van der Waals surface area contributed by atoms with Crippen molar-refractivity contribution >= 4 is 17.4 Å². The van der Waals surface area contributed by atoms with E-state index in [1.807, 2.05) is 18.7 Å². The lowest BCUT2D eigenvalue weighted by Gasteiger charge is -2.34. The Kier molecular flexibility index (Phi) is 3.97. The number of hydrogen-bond acceptors (Lipinski definition) is 2. The fraction of sp³-hybridized carbons (Fsp3) is 0.769. The highest BCUT2D eigenvalue weighted by molar-refractivity contribution is 6.17. The number of anilines is 1. The van der Waals surface area contributed by atoms with Gasteiger partial charge < -0.3 is 4.90 Å². The van der Waals surface area contributed by atoms with Crippen LogP contribution in [0.1, 0.15) is 37.4 Å². The third kappa shape index (κ3) is 2.44. The zero-order valence-corrected chi connectivity index (χ0v) is 11.8. The van der Waals surface area contributed by atoms with Crippen LogP contribution < -0.4 is 4.90 Å². The molecule has 1 aromatic rings. The van der Waals surface area contributed by atoms with Gasteiger partial charge in [0.25, 0.3) is 0 Å². The van der Waals surface area contributed by atoms with Gasteiger partial charge in [-0.1, -0.05) is 13.3 Å². The second-order valence-corrected chi connectivity index (χ2v) is 5.27. The van der Waals surface area contributed by atoms with Crippen molar-refractivity contribution in [3.05, 3.63) is 11.3 Å². The van der Waals surface area contributed by atoms with Crippen molar-refractivity contribution in [1.82, 2.24) is 9.78 Å². The maximum atomic E-state index is 6.06. The summed E-state index contributed by atoms with van der Waals surface area (Å²) in [5.74, 6) is 2.61. The van der Waals surface area contributed by atoms with E-state index >= 15 is 0 Å². The van der Waals surface area contributed by atoms with E-state index in [0.717, 1.165) is 24.7 Å². The summed E-state index contributed by atoms with van der Waals surface area (Å²) in [6.45, 7) is 6.62. The molecule has 4 heteroatoms. The molecule has 0 saturated carbocycles. The number of halogens is 1. The van der Waals surface area contributed by atoms with Gasteiger partial charge in [0.2, 0.25) is 0 Å². The van der Waals surface area contributed by atoms with Crippen LogP contribution in [0.5, 0.6) is 0 Å². The Morgan fingerprint density at radius 2 is 2.24 bits per heavy atom. The minimum Gasteiger partial charge on any atom is -0.356 e. The van der Waals surface area contributed by atoms with Gasteiger partial charge in [-0.25, -0.2) is 0 Å². The third-order valence-corrected chi connectivity index (χ3v) is 4.11. The molecule has 1 aromatic heterocycles. The highest BCUT2D eigenvalue weighted by Gasteiger charge is 2.24. The van der Waals surface area contributed by atoms with Gasteiger partial charge in [0.15, 0.2) is 0 Å². The molecule has 1 fully saturated rings. The number of nitrogens with zero attached hydrogens (tertiary/aromatic N) is 3. The number of aryl methyl sites for hydroxylation is 2. The average molecular weight is 256 g/mol. The second-order valence-electron chi connectivity index (χ2n) is 5.01. The number of aromatic nitrogens is 2. The van der Waals surface area contributed by atoms with Crippen LogP contribution in [0.4, 0.5) is 5.82 Å². The topological polar surface area (TPSA) is 21.1 Å². The van der Waals surface area contributed by atoms with E-state index < -0.39 is 0 Å². The molecule has 0 radical (unpaired) electrons. The lowest BCUT2D eigenvalue weighted by molar-refractivity contribution is 0.400. The first-order chi connectivity index (χ1) is 8.17. The smallest absolute Gasteiger partial charge is 0.131 e. The molecule has 0 bridgehead atoms. The molecule has 3 nitrogen and oxygen atoms in total. The lowest BCUT2D eigenvalue weighted by atomic mass is 9.95. The van der Waals surface area contributed by atoms with Crippen LogP contribution in [0.25, 0.3) is 0 Å².